The van der Waals surface area contributed by atoms with E-state index in [-0.39, 0.29) is 37.4 Å². The zero-order valence-corrected chi connectivity index (χ0v) is 46.2. The lowest BCUT2D eigenvalue weighted by Gasteiger charge is -2.48. The van der Waals surface area contributed by atoms with Crippen molar-refractivity contribution in [3.8, 4) is 0 Å². The molecule has 28 N–H and O–H groups in total. The van der Waals surface area contributed by atoms with Crippen LogP contribution >= 0.6 is 45.1 Å². The molecule has 0 aromatic carbocycles. The largest absolute Gasteiger partial charge is 0.389 e. The summed E-state index contributed by atoms with van der Waals surface area (Å²) >= 11 is 2.86. The molecule has 30 nitrogen and oxygen atoms in total. The van der Waals surface area contributed by atoms with Gasteiger partial charge in [-0.05, 0) is 12.8 Å². The van der Waals surface area contributed by atoms with Crippen molar-refractivity contribution in [1.82, 2.24) is 0 Å². The van der Waals surface area contributed by atoms with Gasteiger partial charge in [0, 0.05) is 71.8 Å². The molecule has 0 radical (unpaired) electrons. The first kappa shape index (κ1) is 67.3. The van der Waals surface area contributed by atoms with Gasteiger partial charge in [-0.2, -0.15) is 23.5 Å². The van der Waals surface area contributed by atoms with E-state index in [1.165, 1.54) is 23.5 Å². The van der Waals surface area contributed by atoms with Crippen LogP contribution in [0.4, 0.5) is 0 Å². The number of aliphatic hydroxyl groups is 12. The lowest BCUT2D eigenvalue weighted by molar-refractivity contribution is -0.330. The van der Waals surface area contributed by atoms with Crippen molar-refractivity contribution in [3.05, 3.63) is 0 Å². The smallest absolute Gasteiger partial charge is 0.187 e. The second-order valence-electron chi connectivity index (χ2n) is 20.2. The van der Waals surface area contributed by atoms with E-state index in [4.69, 9.17) is 93.2 Å². The molecule has 0 spiro atoms. The van der Waals surface area contributed by atoms with Crippen molar-refractivity contribution in [3.63, 3.8) is 0 Å². The van der Waals surface area contributed by atoms with Gasteiger partial charge in [0.15, 0.2) is 25.2 Å². The quantitative estimate of drug-likeness (QED) is 0.0268. The van der Waals surface area contributed by atoms with E-state index < -0.39 is 183 Å². The van der Waals surface area contributed by atoms with E-state index in [0.29, 0.717) is 49.4 Å². The summed E-state index contributed by atoms with van der Waals surface area (Å²) in [6, 6.07) is -5.79. The molecule has 4 heterocycles. The molecule has 458 valence electrons. The minimum absolute atomic E-state index is 0.0676. The fourth-order valence-electron chi connectivity index (χ4n) is 9.92. The topological polar surface area (TPSA) is 543 Å². The van der Waals surface area contributed by atoms with Crippen molar-refractivity contribution >= 4 is 45.1 Å². The number of thioether (sulfide) groups is 2. The second kappa shape index (κ2) is 32.1. The number of aliphatic hydroxyl groups excluding tert-OH is 12. The zero-order chi connectivity index (χ0) is 57.1. The summed E-state index contributed by atoms with van der Waals surface area (Å²) in [5, 5.41) is 128. The van der Waals surface area contributed by atoms with Gasteiger partial charge in [-0.15, -0.1) is 0 Å². The highest BCUT2D eigenvalue weighted by Crippen LogP contribution is 2.34. The molecule has 30 atom stereocenters. The van der Waals surface area contributed by atoms with Gasteiger partial charge in [-0.1, -0.05) is 21.6 Å². The molecule has 2 unspecified atom stereocenters. The Bertz CT molecular complexity index is 1620. The minimum Gasteiger partial charge on any atom is -0.389 e. The Morgan fingerprint density at radius 3 is 0.962 bits per heavy atom. The fraction of sp³-hybridized carbons (Fsp3) is 1.00. The SMILES string of the molecule is NC[C@H]1O[C@H](O[C@H]2[C@H](O)[C@@H](OC3O[C@H](CSCCOCCSSCCOCCSC[C@H]4OC(O[C@@H]5[C@@H](O)[C@H](O[C@H]6O[C@H](CN)[C@@H](O)[C@H](O)[C@H]6O)[C@@H](N)C[C@H]5N)[C@H](O)[C@@H](N)[C@@H]4O)[C@@H](O)[C@H](N)[C@H]3O)[C@H](N)C[C@@H]2N)[C@H](O)[C@@H](O)[C@@H]1O. The standard InChI is InChI=1S/C44H86N8O22S4/c45-11-19-27(55)31(59)33(61)43(67-19)73-39-17(49)9-15(47)37(35(39)63)71-41-29(57)23(51)25(53)21(69-41)13-75-5-1-65-3-7-77-78-8-4-66-2-6-76-14-22-26(54)24(52)30(58)42(70-22)72-38-16(48)10-18(50)40(36(38)64)74-44-34(62)32(60)28(56)20(12-46)68-44/h15-44,53-64H,1-14,45-52H2/t15-,16-,17+,18+,19-,20-,21-,22-,23+,24+,25-,26-,27-,28-,29-,30-,31+,32+,33-,34-,35-,36-,37+,38+,39-,40-,41?,42?,43-,44-/m1/s1. The summed E-state index contributed by atoms with van der Waals surface area (Å²) in [7, 11) is 3.25. The summed E-state index contributed by atoms with van der Waals surface area (Å²) in [6.45, 7) is 1.40. The highest BCUT2D eigenvalue weighted by molar-refractivity contribution is 8.76. The molecule has 4 aliphatic heterocycles. The first-order valence-electron chi connectivity index (χ1n) is 26.0. The molecule has 0 aromatic heterocycles. The van der Waals surface area contributed by atoms with Gasteiger partial charge in [0.05, 0.1) is 62.9 Å². The molecule has 2 saturated carbocycles. The fourth-order valence-corrected chi connectivity index (χ4v) is 13.5. The van der Waals surface area contributed by atoms with Crippen molar-refractivity contribution in [1.29, 1.82) is 0 Å². The molecular weight excluding hydrogens is 1120 g/mol. The van der Waals surface area contributed by atoms with Gasteiger partial charge in [0.1, 0.15) is 97.7 Å². The van der Waals surface area contributed by atoms with E-state index in [1.54, 1.807) is 21.6 Å². The maximum absolute atomic E-state index is 11.4. The highest BCUT2D eigenvalue weighted by atomic mass is 33.1. The van der Waals surface area contributed by atoms with E-state index >= 15 is 0 Å². The van der Waals surface area contributed by atoms with Gasteiger partial charge < -0.3 is 155 Å². The molecule has 0 aromatic rings. The van der Waals surface area contributed by atoms with Crippen LogP contribution in [0.1, 0.15) is 12.8 Å². The van der Waals surface area contributed by atoms with Crippen LogP contribution in [0.25, 0.3) is 0 Å². The number of ether oxygens (including phenoxy) is 10. The Kier molecular flexibility index (Phi) is 27.7. The van der Waals surface area contributed by atoms with E-state index in [9.17, 15) is 61.3 Å². The Hall–Kier alpha value is 0.200. The average Bonchev–Trinajstić information content (AvgIpc) is 3.46. The number of hydrogen-bond donors (Lipinski definition) is 20. The Labute approximate surface area is 468 Å². The Morgan fingerprint density at radius 2 is 0.641 bits per heavy atom. The maximum Gasteiger partial charge on any atom is 0.187 e. The summed E-state index contributed by atoms with van der Waals surface area (Å²) in [4.78, 5) is 0. The van der Waals surface area contributed by atoms with Crippen LogP contribution < -0.4 is 45.9 Å². The van der Waals surface area contributed by atoms with E-state index in [0.717, 1.165) is 0 Å². The van der Waals surface area contributed by atoms with Gasteiger partial charge in [-0.25, -0.2) is 0 Å². The van der Waals surface area contributed by atoms with Crippen molar-refractivity contribution in [2.75, 3.05) is 74.0 Å². The van der Waals surface area contributed by atoms with Crippen LogP contribution in [0.15, 0.2) is 0 Å². The first-order valence-corrected chi connectivity index (χ1v) is 30.8. The van der Waals surface area contributed by atoms with Gasteiger partial charge in [0.2, 0.25) is 0 Å². The average molecular weight is 1210 g/mol. The van der Waals surface area contributed by atoms with Crippen LogP contribution in [0.5, 0.6) is 0 Å². The predicted molar refractivity (Wildman–Crippen MR) is 283 cm³/mol. The zero-order valence-electron chi connectivity index (χ0n) is 42.9. The molecule has 0 bridgehead atoms. The van der Waals surface area contributed by atoms with Crippen LogP contribution in [0.3, 0.4) is 0 Å². The van der Waals surface area contributed by atoms with Crippen LogP contribution in [-0.2, 0) is 47.4 Å². The molecule has 78 heavy (non-hydrogen) atoms. The van der Waals surface area contributed by atoms with E-state index in [2.05, 4.69) is 0 Å². The minimum atomic E-state index is -1.70. The summed E-state index contributed by atoms with van der Waals surface area (Å²) in [5.41, 5.74) is 48.8. The third kappa shape index (κ3) is 17.0. The third-order valence-corrected chi connectivity index (χ3v) is 19.0. The summed E-state index contributed by atoms with van der Waals surface area (Å²) in [5.74, 6) is 3.06. The first-order chi connectivity index (χ1) is 37.1. The van der Waals surface area contributed by atoms with Crippen LogP contribution in [-0.4, -0.2) is 319 Å². The van der Waals surface area contributed by atoms with Crippen LogP contribution in [0.2, 0.25) is 0 Å². The Balaban J connectivity index is 0.810. The number of rotatable bonds is 27. The van der Waals surface area contributed by atoms with Crippen molar-refractivity contribution < 1.29 is 109 Å². The molecule has 4 saturated heterocycles. The normalized spacial score (nSPS) is 47.5. The lowest BCUT2D eigenvalue weighted by Crippen LogP contribution is -2.68. The third-order valence-electron chi connectivity index (χ3n) is 14.6. The Morgan fingerprint density at radius 1 is 0.346 bits per heavy atom. The molecule has 6 aliphatic rings. The lowest BCUT2D eigenvalue weighted by atomic mass is 9.84. The predicted octanol–water partition coefficient (Wildman–Crippen LogP) is -10.7. The van der Waals surface area contributed by atoms with Crippen molar-refractivity contribution in [2.24, 2.45) is 45.9 Å². The second-order valence-corrected chi connectivity index (χ2v) is 25.2. The molecule has 6 rings (SSSR count). The monoisotopic (exact) mass is 1210 g/mol. The number of nitrogens with two attached hydrogens (primary N) is 8. The van der Waals surface area contributed by atoms with Gasteiger partial charge >= 0.3 is 0 Å². The molecule has 0 amide bonds. The van der Waals surface area contributed by atoms with Gasteiger partial charge in [0.25, 0.3) is 0 Å². The van der Waals surface area contributed by atoms with Crippen molar-refractivity contribution in [2.45, 2.75) is 196 Å². The van der Waals surface area contributed by atoms with E-state index in [1.807, 2.05) is 0 Å². The molecule has 34 heteroatoms. The number of hydrogen-bond acceptors (Lipinski definition) is 34. The maximum atomic E-state index is 11.4. The highest BCUT2D eigenvalue weighted by Gasteiger charge is 2.54. The molecular formula is C44H86N8O22S4. The summed E-state index contributed by atoms with van der Waals surface area (Å²) in [6.07, 6.45) is -32.7. The van der Waals surface area contributed by atoms with Gasteiger partial charge in [-0.3, -0.25) is 0 Å². The summed E-state index contributed by atoms with van der Waals surface area (Å²) < 4.78 is 58.2. The molecule has 2 aliphatic carbocycles. The molecule has 6 fully saturated rings. The van der Waals surface area contributed by atoms with Crippen LogP contribution in [0, 0.1) is 0 Å².